The van der Waals surface area contributed by atoms with E-state index >= 15 is 0 Å². The molecular formula is C22H20O6. The first-order valence-corrected chi connectivity index (χ1v) is 8.43. The summed E-state index contributed by atoms with van der Waals surface area (Å²) in [7, 11) is 1.45. The lowest BCUT2D eigenvalue weighted by Gasteiger charge is -2.08. The van der Waals surface area contributed by atoms with Gasteiger partial charge in [0.1, 0.15) is 5.75 Å². The fourth-order valence-electron chi connectivity index (χ4n) is 2.25. The van der Waals surface area contributed by atoms with E-state index in [1.807, 2.05) is 0 Å². The topological polar surface area (TPSA) is 78.9 Å². The highest BCUT2D eigenvalue weighted by atomic mass is 16.6. The van der Waals surface area contributed by atoms with Gasteiger partial charge in [-0.25, -0.2) is 4.79 Å². The van der Waals surface area contributed by atoms with Crippen molar-refractivity contribution in [3.8, 4) is 17.2 Å². The van der Waals surface area contributed by atoms with E-state index in [0.29, 0.717) is 28.4 Å². The summed E-state index contributed by atoms with van der Waals surface area (Å²) in [5.74, 6) is -0.134. The van der Waals surface area contributed by atoms with Crippen molar-refractivity contribution >= 4 is 29.9 Å². The summed E-state index contributed by atoms with van der Waals surface area (Å²) in [6, 6.07) is 11.8. The highest BCUT2D eigenvalue weighted by Gasteiger charge is 2.08. The van der Waals surface area contributed by atoms with Crippen molar-refractivity contribution in [3.63, 3.8) is 0 Å². The number of allylic oxidation sites excluding steroid dienone is 1. The summed E-state index contributed by atoms with van der Waals surface area (Å²) in [5, 5.41) is 0. The molecule has 0 aliphatic heterocycles. The molecule has 0 spiro atoms. The first-order chi connectivity index (χ1) is 13.4. The molecule has 2 aromatic carbocycles. The number of benzene rings is 2. The van der Waals surface area contributed by atoms with Crippen molar-refractivity contribution in [2.45, 2.75) is 13.8 Å². The Morgan fingerprint density at radius 3 is 2.25 bits per heavy atom. The van der Waals surface area contributed by atoms with Crippen LogP contribution in [0.2, 0.25) is 0 Å². The van der Waals surface area contributed by atoms with Gasteiger partial charge in [0.05, 0.1) is 7.11 Å². The molecule has 2 rings (SSSR count). The van der Waals surface area contributed by atoms with Crippen LogP contribution in [0, 0.1) is 0 Å². The molecule has 0 saturated carbocycles. The minimum absolute atomic E-state index is 0.104. The normalized spacial score (nSPS) is 10.8. The quantitative estimate of drug-likeness (QED) is 0.413. The number of ether oxygens (including phenoxy) is 3. The number of hydrogen-bond acceptors (Lipinski definition) is 6. The number of hydrogen-bond donors (Lipinski definition) is 0. The molecule has 6 nitrogen and oxygen atoms in total. The van der Waals surface area contributed by atoms with Crippen LogP contribution in [-0.4, -0.2) is 24.8 Å². The zero-order valence-corrected chi connectivity index (χ0v) is 15.8. The van der Waals surface area contributed by atoms with E-state index in [0.717, 1.165) is 0 Å². The highest BCUT2D eigenvalue weighted by molar-refractivity contribution is 5.93. The molecule has 0 fully saturated rings. The zero-order valence-electron chi connectivity index (χ0n) is 15.8. The molecular weight excluding hydrogens is 360 g/mol. The number of ketones is 1. The Hall–Kier alpha value is -3.67. The molecule has 0 amide bonds. The van der Waals surface area contributed by atoms with Gasteiger partial charge in [0, 0.05) is 18.6 Å². The Morgan fingerprint density at radius 2 is 1.57 bits per heavy atom. The molecule has 0 unspecified atom stereocenters. The maximum absolute atomic E-state index is 12.1. The molecule has 0 aliphatic rings. The summed E-state index contributed by atoms with van der Waals surface area (Å²) < 4.78 is 15.6. The lowest BCUT2D eigenvalue weighted by Crippen LogP contribution is -2.05. The van der Waals surface area contributed by atoms with E-state index in [-0.39, 0.29) is 5.78 Å². The van der Waals surface area contributed by atoms with Crippen LogP contribution in [0.3, 0.4) is 0 Å². The molecule has 0 atom stereocenters. The first-order valence-electron chi connectivity index (χ1n) is 8.43. The van der Waals surface area contributed by atoms with Gasteiger partial charge in [-0.3, -0.25) is 9.59 Å². The molecule has 0 bridgehead atoms. The molecule has 144 valence electrons. The van der Waals surface area contributed by atoms with Crippen molar-refractivity contribution in [2.75, 3.05) is 7.11 Å². The van der Waals surface area contributed by atoms with Gasteiger partial charge in [-0.1, -0.05) is 24.3 Å². The lowest BCUT2D eigenvalue weighted by molar-refractivity contribution is -0.132. The van der Waals surface area contributed by atoms with Crippen LogP contribution in [0.5, 0.6) is 17.2 Å². The van der Waals surface area contributed by atoms with Crippen molar-refractivity contribution < 1.29 is 28.6 Å². The standard InChI is InChI=1S/C22H20O6/c1-15(23)8-11-18-6-4-5-7-19(18)28-22(25)13-10-17-9-12-20(27-16(2)24)21(14-17)26-3/h4-14H,1-3H3/b11-8+,13-10+. The van der Waals surface area contributed by atoms with E-state index < -0.39 is 11.9 Å². The van der Waals surface area contributed by atoms with Gasteiger partial charge in [0.15, 0.2) is 17.3 Å². The van der Waals surface area contributed by atoms with Crippen LogP contribution in [0.25, 0.3) is 12.2 Å². The van der Waals surface area contributed by atoms with Crippen molar-refractivity contribution in [2.24, 2.45) is 0 Å². The summed E-state index contributed by atoms with van der Waals surface area (Å²) in [4.78, 5) is 34.3. The Bertz CT molecular complexity index is 940. The van der Waals surface area contributed by atoms with Crippen molar-refractivity contribution in [1.82, 2.24) is 0 Å². The molecule has 0 N–H and O–H groups in total. The van der Waals surface area contributed by atoms with Gasteiger partial charge in [0.2, 0.25) is 0 Å². The fraction of sp³-hybridized carbons (Fsp3) is 0.136. The van der Waals surface area contributed by atoms with Crippen LogP contribution < -0.4 is 14.2 Å². The van der Waals surface area contributed by atoms with Gasteiger partial charge >= 0.3 is 11.9 Å². The first kappa shape index (κ1) is 20.6. The third-order valence-corrected chi connectivity index (χ3v) is 3.48. The Balaban J connectivity index is 2.12. The van der Waals surface area contributed by atoms with Gasteiger partial charge in [0.25, 0.3) is 0 Å². The minimum atomic E-state index is -0.577. The maximum atomic E-state index is 12.1. The van der Waals surface area contributed by atoms with Crippen molar-refractivity contribution in [1.29, 1.82) is 0 Å². The molecule has 0 aromatic heterocycles. The predicted molar refractivity (Wildman–Crippen MR) is 105 cm³/mol. The molecule has 0 aliphatic carbocycles. The summed E-state index contributed by atoms with van der Waals surface area (Å²) in [5.41, 5.74) is 1.28. The zero-order chi connectivity index (χ0) is 20.5. The monoisotopic (exact) mass is 380 g/mol. The molecule has 2 aromatic rings. The van der Waals surface area contributed by atoms with Crippen LogP contribution >= 0.6 is 0 Å². The Morgan fingerprint density at radius 1 is 0.821 bits per heavy atom. The number of carbonyl (C=O) groups is 3. The summed E-state index contributed by atoms with van der Waals surface area (Å²) >= 11 is 0. The molecule has 0 radical (unpaired) electrons. The second kappa shape index (κ2) is 9.87. The fourth-order valence-corrected chi connectivity index (χ4v) is 2.25. The average Bonchev–Trinajstić information content (AvgIpc) is 2.66. The van der Waals surface area contributed by atoms with Crippen LogP contribution in [0.15, 0.2) is 54.6 Å². The van der Waals surface area contributed by atoms with E-state index in [2.05, 4.69) is 0 Å². The molecule has 6 heteroatoms. The molecule has 28 heavy (non-hydrogen) atoms. The number of para-hydroxylation sites is 1. The number of esters is 2. The summed E-state index contributed by atoms with van der Waals surface area (Å²) in [6.07, 6.45) is 5.81. The number of methoxy groups -OCH3 is 1. The van der Waals surface area contributed by atoms with Gasteiger partial charge in [-0.2, -0.15) is 0 Å². The summed E-state index contributed by atoms with van der Waals surface area (Å²) in [6.45, 7) is 2.74. The smallest absolute Gasteiger partial charge is 0.336 e. The van der Waals surface area contributed by atoms with Crippen LogP contribution in [-0.2, 0) is 14.4 Å². The average molecular weight is 380 g/mol. The van der Waals surface area contributed by atoms with E-state index in [1.54, 1.807) is 54.6 Å². The third-order valence-electron chi connectivity index (χ3n) is 3.48. The van der Waals surface area contributed by atoms with Crippen LogP contribution in [0.1, 0.15) is 25.0 Å². The lowest BCUT2D eigenvalue weighted by atomic mass is 10.1. The van der Waals surface area contributed by atoms with Gasteiger partial charge in [-0.05, 0) is 48.9 Å². The second-order valence-corrected chi connectivity index (χ2v) is 5.74. The SMILES string of the molecule is COc1cc(/C=C/C(=O)Oc2ccccc2/C=C/C(C)=O)ccc1OC(C)=O. The minimum Gasteiger partial charge on any atom is -0.493 e. The number of carbonyl (C=O) groups excluding carboxylic acids is 3. The molecule has 0 heterocycles. The second-order valence-electron chi connectivity index (χ2n) is 5.74. The van der Waals surface area contributed by atoms with E-state index in [9.17, 15) is 14.4 Å². The highest BCUT2D eigenvalue weighted by Crippen LogP contribution is 2.28. The van der Waals surface area contributed by atoms with Crippen LogP contribution in [0.4, 0.5) is 0 Å². The molecule has 0 saturated heterocycles. The maximum Gasteiger partial charge on any atom is 0.336 e. The third kappa shape index (κ3) is 6.25. The Labute approximate surface area is 163 Å². The largest absolute Gasteiger partial charge is 0.493 e. The van der Waals surface area contributed by atoms with E-state index in [1.165, 1.54) is 33.1 Å². The predicted octanol–water partition coefficient (Wildman–Crippen LogP) is 3.84. The van der Waals surface area contributed by atoms with Crippen molar-refractivity contribution in [3.05, 3.63) is 65.7 Å². The number of rotatable bonds is 7. The van der Waals surface area contributed by atoms with E-state index in [4.69, 9.17) is 14.2 Å². The Kier molecular flexibility index (Phi) is 7.28. The van der Waals surface area contributed by atoms with Gasteiger partial charge < -0.3 is 14.2 Å². The van der Waals surface area contributed by atoms with Gasteiger partial charge in [-0.15, -0.1) is 0 Å².